The van der Waals surface area contributed by atoms with Gasteiger partial charge in [-0.2, -0.15) is 0 Å². The summed E-state index contributed by atoms with van der Waals surface area (Å²) in [6.45, 7) is 7.91. The Morgan fingerprint density at radius 1 is 1.14 bits per heavy atom. The molecule has 0 saturated heterocycles. The molecule has 0 amide bonds. The monoisotopic (exact) mass is 300 g/mol. The number of aryl methyl sites for hydroxylation is 1. The van der Waals surface area contributed by atoms with E-state index in [0.29, 0.717) is 23.1 Å². The first-order valence-electron chi connectivity index (χ1n) is 6.98. The molecule has 0 aliphatic heterocycles. The highest BCUT2D eigenvalue weighted by molar-refractivity contribution is 5.95. The van der Waals surface area contributed by atoms with E-state index in [1.807, 2.05) is 20.8 Å². The number of rotatable bonds is 4. The van der Waals surface area contributed by atoms with Gasteiger partial charge in [-0.15, -0.1) is 0 Å². The van der Waals surface area contributed by atoms with Gasteiger partial charge in [0, 0.05) is 11.6 Å². The number of para-hydroxylation sites is 1. The zero-order chi connectivity index (χ0) is 16.3. The summed E-state index contributed by atoms with van der Waals surface area (Å²) in [6.07, 6.45) is 0. The van der Waals surface area contributed by atoms with Crippen molar-refractivity contribution in [3.8, 4) is 0 Å². The third-order valence-electron chi connectivity index (χ3n) is 2.76. The summed E-state index contributed by atoms with van der Waals surface area (Å²) in [5.74, 6) is 0.856. The van der Waals surface area contributed by atoms with Gasteiger partial charge in [0.1, 0.15) is 17.5 Å². The normalized spacial score (nSPS) is 11.1. The van der Waals surface area contributed by atoms with Crippen molar-refractivity contribution in [3.05, 3.63) is 41.7 Å². The average molecular weight is 300 g/mol. The van der Waals surface area contributed by atoms with E-state index in [9.17, 15) is 9.90 Å². The summed E-state index contributed by atoms with van der Waals surface area (Å²) in [5.41, 5.74) is 0.565. The second-order valence-corrected chi connectivity index (χ2v) is 6.04. The molecule has 1 aromatic heterocycles. The Morgan fingerprint density at radius 3 is 2.41 bits per heavy atom. The predicted octanol–water partition coefficient (Wildman–Crippen LogP) is 3.44. The highest BCUT2D eigenvalue weighted by Gasteiger charge is 2.13. The Bertz CT molecular complexity index is 693. The number of anilines is 3. The van der Waals surface area contributed by atoms with Crippen LogP contribution < -0.4 is 10.6 Å². The van der Waals surface area contributed by atoms with E-state index in [2.05, 4.69) is 20.6 Å². The fourth-order valence-corrected chi connectivity index (χ4v) is 2.00. The van der Waals surface area contributed by atoms with Crippen LogP contribution in [0.25, 0.3) is 0 Å². The minimum absolute atomic E-state index is 0.128. The van der Waals surface area contributed by atoms with Crippen LogP contribution in [-0.4, -0.2) is 26.6 Å². The minimum atomic E-state index is -0.984. The standard InChI is InChI=1S/C16H20N4O2/c1-10-17-13(9-14(18-10)20-16(2,3)4)19-12-8-6-5-7-11(12)15(21)22/h5-9H,1-4H3,(H,21,22)(H2,17,18,19,20). The van der Waals surface area contributed by atoms with Gasteiger partial charge in [-0.05, 0) is 39.8 Å². The van der Waals surface area contributed by atoms with Crippen molar-refractivity contribution in [3.63, 3.8) is 0 Å². The van der Waals surface area contributed by atoms with E-state index < -0.39 is 5.97 Å². The quantitative estimate of drug-likeness (QED) is 0.801. The van der Waals surface area contributed by atoms with Crippen LogP contribution in [0.4, 0.5) is 17.3 Å². The van der Waals surface area contributed by atoms with Gasteiger partial charge < -0.3 is 15.7 Å². The van der Waals surface area contributed by atoms with Crippen LogP contribution in [0.15, 0.2) is 30.3 Å². The lowest BCUT2D eigenvalue weighted by atomic mass is 10.1. The number of carboxylic acids is 1. The highest BCUT2D eigenvalue weighted by Crippen LogP contribution is 2.22. The second kappa shape index (κ2) is 6.01. The number of hydrogen-bond donors (Lipinski definition) is 3. The maximum atomic E-state index is 11.2. The lowest BCUT2D eigenvalue weighted by Crippen LogP contribution is -2.27. The zero-order valence-corrected chi connectivity index (χ0v) is 13.1. The van der Waals surface area contributed by atoms with Gasteiger partial charge in [-0.1, -0.05) is 12.1 Å². The van der Waals surface area contributed by atoms with Crippen LogP contribution in [0.3, 0.4) is 0 Å². The van der Waals surface area contributed by atoms with Crippen molar-refractivity contribution in [1.82, 2.24) is 9.97 Å². The molecule has 0 aliphatic rings. The lowest BCUT2D eigenvalue weighted by Gasteiger charge is -2.22. The van der Waals surface area contributed by atoms with Crippen molar-refractivity contribution in [2.45, 2.75) is 33.2 Å². The number of carboxylic acid groups (broad SMARTS) is 1. The molecule has 0 atom stereocenters. The van der Waals surface area contributed by atoms with E-state index >= 15 is 0 Å². The topological polar surface area (TPSA) is 87.1 Å². The Hall–Kier alpha value is -2.63. The first-order chi connectivity index (χ1) is 10.2. The van der Waals surface area contributed by atoms with E-state index in [0.717, 1.165) is 0 Å². The van der Waals surface area contributed by atoms with Gasteiger partial charge in [-0.25, -0.2) is 14.8 Å². The maximum Gasteiger partial charge on any atom is 0.337 e. The summed E-state index contributed by atoms with van der Waals surface area (Å²) >= 11 is 0. The van der Waals surface area contributed by atoms with Gasteiger partial charge in [0.15, 0.2) is 0 Å². The smallest absolute Gasteiger partial charge is 0.337 e. The fraction of sp³-hybridized carbons (Fsp3) is 0.312. The second-order valence-electron chi connectivity index (χ2n) is 6.04. The Morgan fingerprint density at radius 2 is 1.77 bits per heavy atom. The minimum Gasteiger partial charge on any atom is -0.478 e. The van der Waals surface area contributed by atoms with E-state index in [1.165, 1.54) is 0 Å². The summed E-state index contributed by atoms with van der Waals surface area (Å²) < 4.78 is 0. The molecule has 0 spiro atoms. The largest absolute Gasteiger partial charge is 0.478 e. The molecule has 0 fully saturated rings. The number of hydrogen-bond acceptors (Lipinski definition) is 5. The summed E-state index contributed by atoms with van der Waals surface area (Å²) in [4.78, 5) is 19.9. The molecule has 1 heterocycles. The molecule has 0 unspecified atom stereocenters. The van der Waals surface area contributed by atoms with Crippen LogP contribution in [0.1, 0.15) is 37.0 Å². The third kappa shape index (κ3) is 4.18. The SMILES string of the molecule is Cc1nc(Nc2ccccc2C(=O)O)cc(NC(C)(C)C)n1. The molecule has 2 rings (SSSR count). The van der Waals surface area contributed by atoms with Crippen LogP contribution >= 0.6 is 0 Å². The van der Waals surface area contributed by atoms with Gasteiger partial charge in [0.2, 0.25) is 0 Å². The van der Waals surface area contributed by atoms with Crippen LogP contribution in [-0.2, 0) is 0 Å². The van der Waals surface area contributed by atoms with E-state index in [4.69, 9.17) is 0 Å². The molecule has 116 valence electrons. The summed E-state index contributed by atoms with van der Waals surface area (Å²) in [7, 11) is 0. The molecule has 6 heteroatoms. The van der Waals surface area contributed by atoms with Crippen molar-refractivity contribution >= 4 is 23.3 Å². The first-order valence-corrected chi connectivity index (χ1v) is 6.98. The lowest BCUT2D eigenvalue weighted by molar-refractivity contribution is 0.0698. The fourth-order valence-electron chi connectivity index (χ4n) is 2.00. The Balaban J connectivity index is 2.32. The van der Waals surface area contributed by atoms with E-state index in [1.54, 1.807) is 37.3 Å². The zero-order valence-electron chi connectivity index (χ0n) is 13.1. The van der Waals surface area contributed by atoms with Crippen molar-refractivity contribution in [1.29, 1.82) is 0 Å². The third-order valence-corrected chi connectivity index (χ3v) is 2.76. The number of aromatic carboxylic acids is 1. The van der Waals surface area contributed by atoms with Crippen LogP contribution in [0.5, 0.6) is 0 Å². The molecule has 3 N–H and O–H groups in total. The molecule has 22 heavy (non-hydrogen) atoms. The van der Waals surface area contributed by atoms with E-state index in [-0.39, 0.29) is 11.1 Å². The molecular formula is C16H20N4O2. The van der Waals surface area contributed by atoms with Crippen molar-refractivity contribution in [2.24, 2.45) is 0 Å². The highest BCUT2D eigenvalue weighted by atomic mass is 16.4. The number of aromatic nitrogens is 2. The maximum absolute atomic E-state index is 11.2. The molecular weight excluding hydrogens is 280 g/mol. The number of nitrogens with zero attached hydrogens (tertiary/aromatic N) is 2. The molecule has 2 aromatic rings. The van der Waals surface area contributed by atoms with Crippen molar-refractivity contribution < 1.29 is 9.90 Å². The molecule has 1 aromatic carbocycles. The Labute approximate surface area is 129 Å². The number of benzene rings is 1. The average Bonchev–Trinajstić information content (AvgIpc) is 2.36. The predicted molar refractivity (Wildman–Crippen MR) is 86.8 cm³/mol. The molecule has 0 radical (unpaired) electrons. The first kappa shape index (κ1) is 15.8. The summed E-state index contributed by atoms with van der Waals surface area (Å²) in [5, 5.41) is 15.5. The molecule has 0 saturated carbocycles. The summed E-state index contributed by atoms with van der Waals surface area (Å²) in [6, 6.07) is 8.48. The van der Waals surface area contributed by atoms with Gasteiger partial charge >= 0.3 is 5.97 Å². The molecule has 0 bridgehead atoms. The van der Waals surface area contributed by atoms with Crippen LogP contribution in [0.2, 0.25) is 0 Å². The van der Waals surface area contributed by atoms with Gasteiger partial charge in [-0.3, -0.25) is 0 Å². The van der Waals surface area contributed by atoms with Crippen LogP contribution in [0, 0.1) is 6.92 Å². The van der Waals surface area contributed by atoms with Gasteiger partial charge in [0.25, 0.3) is 0 Å². The molecule has 0 aliphatic carbocycles. The Kier molecular flexibility index (Phi) is 4.30. The van der Waals surface area contributed by atoms with Crippen molar-refractivity contribution in [2.75, 3.05) is 10.6 Å². The van der Waals surface area contributed by atoms with Gasteiger partial charge in [0.05, 0.1) is 11.3 Å². The number of carbonyl (C=O) groups is 1. The number of nitrogens with one attached hydrogen (secondary N) is 2. The molecule has 6 nitrogen and oxygen atoms in total.